The highest BCUT2D eigenvalue weighted by atomic mass is 32.2. The molecule has 1 atom stereocenters. The molecule has 0 radical (unpaired) electrons. The van der Waals surface area contributed by atoms with Gasteiger partial charge in [-0.05, 0) is 45.0 Å². The standard InChI is InChI=1S/C14H23N3O2S/c1-11(10-17-8-3-4-9-17)16-12-6-5-7-13(14(12)15)20(2,18)19/h5-7,11,16H,3-4,8-10,15H2,1-2H3. The first-order valence-electron chi connectivity index (χ1n) is 6.95. The topological polar surface area (TPSA) is 75.4 Å². The number of benzene rings is 1. The molecule has 0 aliphatic carbocycles. The molecule has 2 rings (SSSR count). The van der Waals surface area contributed by atoms with Gasteiger partial charge in [0.15, 0.2) is 9.84 Å². The van der Waals surface area contributed by atoms with E-state index in [1.807, 2.05) is 6.07 Å². The highest BCUT2D eigenvalue weighted by Gasteiger charge is 2.17. The number of likely N-dealkylation sites (tertiary alicyclic amines) is 1. The fraction of sp³-hybridized carbons (Fsp3) is 0.571. The lowest BCUT2D eigenvalue weighted by molar-refractivity contribution is 0.328. The van der Waals surface area contributed by atoms with E-state index < -0.39 is 9.84 Å². The van der Waals surface area contributed by atoms with Gasteiger partial charge in [0, 0.05) is 18.8 Å². The molecule has 0 aromatic heterocycles. The molecule has 112 valence electrons. The Morgan fingerprint density at radius 3 is 2.60 bits per heavy atom. The molecule has 3 N–H and O–H groups in total. The predicted octanol–water partition coefficient (Wildman–Crippen LogP) is 1.57. The van der Waals surface area contributed by atoms with Gasteiger partial charge in [0.05, 0.1) is 16.3 Å². The zero-order chi connectivity index (χ0) is 14.8. The molecule has 1 unspecified atom stereocenters. The van der Waals surface area contributed by atoms with Crippen molar-refractivity contribution < 1.29 is 8.42 Å². The summed E-state index contributed by atoms with van der Waals surface area (Å²) in [5.74, 6) is 0. The second-order valence-electron chi connectivity index (χ2n) is 5.54. The Hall–Kier alpha value is -1.27. The van der Waals surface area contributed by atoms with Gasteiger partial charge in [0.2, 0.25) is 0 Å². The number of hydrogen-bond donors (Lipinski definition) is 2. The lowest BCUT2D eigenvalue weighted by Gasteiger charge is -2.23. The van der Waals surface area contributed by atoms with Crippen LogP contribution in [0.5, 0.6) is 0 Å². The van der Waals surface area contributed by atoms with Crippen LogP contribution >= 0.6 is 0 Å². The molecular formula is C14H23N3O2S. The van der Waals surface area contributed by atoms with E-state index in [0.717, 1.165) is 19.6 Å². The largest absolute Gasteiger partial charge is 0.396 e. The number of para-hydroxylation sites is 1. The molecule has 1 fully saturated rings. The van der Waals surface area contributed by atoms with E-state index in [1.54, 1.807) is 12.1 Å². The smallest absolute Gasteiger partial charge is 0.177 e. The zero-order valence-electron chi connectivity index (χ0n) is 12.1. The van der Waals surface area contributed by atoms with Crippen LogP contribution in [0.2, 0.25) is 0 Å². The van der Waals surface area contributed by atoms with E-state index in [-0.39, 0.29) is 10.9 Å². The number of nitrogens with one attached hydrogen (secondary N) is 1. The number of sulfone groups is 1. The van der Waals surface area contributed by atoms with Gasteiger partial charge in [0.1, 0.15) is 0 Å². The monoisotopic (exact) mass is 297 g/mol. The van der Waals surface area contributed by atoms with Gasteiger partial charge in [0.25, 0.3) is 0 Å². The number of nitrogens with zero attached hydrogens (tertiary/aromatic N) is 1. The Labute approximate surface area is 121 Å². The van der Waals surface area contributed by atoms with Crippen molar-refractivity contribution in [3.05, 3.63) is 18.2 Å². The summed E-state index contributed by atoms with van der Waals surface area (Å²) in [7, 11) is -3.29. The average molecular weight is 297 g/mol. The van der Waals surface area contributed by atoms with Crippen molar-refractivity contribution in [2.24, 2.45) is 0 Å². The molecule has 0 amide bonds. The Bertz CT molecular complexity index is 566. The maximum absolute atomic E-state index is 11.7. The first-order chi connectivity index (χ1) is 9.38. The van der Waals surface area contributed by atoms with Crippen LogP contribution in [-0.2, 0) is 9.84 Å². The van der Waals surface area contributed by atoms with E-state index in [0.29, 0.717) is 11.4 Å². The maximum atomic E-state index is 11.7. The Kier molecular flexibility index (Phi) is 4.55. The van der Waals surface area contributed by atoms with Gasteiger partial charge in [-0.25, -0.2) is 8.42 Å². The van der Waals surface area contributed by atoms with Crippen molar-refractivity contribution in [1.82, 2.24) is 4.90 Å². The zero-order valence-corrected chi connectivity index (χ0v) is 12.9. The van der Waals surface area contributed by atoms with Gasteiger partial charge in [-0.2, -0.15) is 0 Å². The van der Waals surface area contributed by atoms with Gasteiger partial charge >= 0.3 is 0 Å². The summed E-state index contributed by atoms with van der Waals surface area (Å²) in [6, 6.07) is 5.31. The Morgan fingerprint density at radius 2 is 2.00 bits per heavy atom. The molecule has 1 saturated heterocycles. The molecule has 1 aromatic carbocycles. The molecule has 20 heavy (non-hydrogen) atoms. The van der Waals surface area contributed by atoms with E-state index in [1.165, 1.54) is 19.1 Å². The molecule has 1 aliphatic heterocycles. The van der Waals surface area contributed by atoms with Crippen LogP contribution in [0, 0.1) is 0 Å². The number of anilines is 2. The van der Waals surface area contributed by atoms with Gasteiger partial charge in [-0.15, -0.1) is 0 Å². The minimum atomic E-state index is -3.29. The van der Waals surface area contributed by atoms with Crippen LogP contribution in [0.25, 0.3) is 0 Å². The fourth-order valence-corrected chi connectivity index (χ4v) is 3.49. The molecule has 0 saturated carbocycles. The highest BCUT2D eigenvalue weighted by Crippen LogP contribution is 2.27. The summed E-state index contributed by atoms with van der Waals surface area (Å²) in [5, 5.41) is 3.32. The molecule has 0 spiro atoms. The van der Waals surface area contributed by atoms with E-state index in [9.17, 15) is 8.42 Å². The Balaban J connectivity index is 2.09. The van der Waals surface area contributed by atoms with Gasteiger partial charge < -0.3 is 16.0 Å². The van der Waals surface area contributed by atoms with Crippen LogP contribution in [0.3, 0.4) is 0 Å². The summed E-state index contributed by atoms with van der Waals surface area (Å²) in [6.45, 7) is 5.32. The summed E-state index contributed by atoms with van der Waals surface area (Å²) >= 11 is 0. The first-order valence-corrected chi connectivity index (χ1v) is 8.84. The fourth-order valence-electron chi connectivity index (χ4n) is 2.66. The number of rotatable bonds is 5. The minimum absolute atomic E-state index is 0.191. The Morgan fingerprint density at radius 1 is 1.35 bits per heavy atom. The first kappa shape index (κ1) is 15.1. The van der Waals surface area contributed by atoms with Crippen LogP contribution in [0.1, 0.15) is 19.8 Å². The summed E-state index contributed by atoms with van der Waals surface area (Å²) in [6.07, 6.45) is 3.70. The molecular weight excluding hydrogens is 274 g/mol. The average Bonchev–Trinajstić information content (AvgIpc) is 2.83. The van der Waals surface area contributed by atoms with Crippen LogP contribution in [0.15, 0.2) is 23.1 Å². The third-order valence-corrected chi connectivity index (χ3v) is 4.75. The highest BCUT2D eigenvalue weighted by molar-refractivity contribution is 7.90. The number of nitrogen functional groups attached to an aromatic ring is 1. The van der Waals surface area contributed by atoms with Gasteiger partial charge in [-0.1, -0.05) is 6.07 Å². The van der Waals surface area contributed by atoms with Crippen molar-refractivity contribution in [3.8, 4) is 0 Å². The minimum Gasteiger partial charge on any atom is -0.396 e. The van der Waals surface area contributed by atoms with E-state index in [4.69, 9.17) is 5.73 Å². The molecule has 1 aromatic rings. The van der Waals surface area contributed by atoms with Crippen molar-refractivity contribution in [3.63, 3.8) is 0 Å². The summed E-state index contributed by atoms with van der Waals surface area (Å²) < 4.78 is 23.3. The lowest BCUT2D eigenvalue weighted by atomic mass is 10.2. The number of nitrogens with two attached hydrogens (primary N) is 1. The van der Waals surface area contributed by atoms with Gasteiger partial charge in [-0.3, -0.25) is 0 Å². The molecule has 5 nitrogen and oxygen atoms in total. The molecule has 1 heterocycles. The van der Waals surface area contributed by atoms with E-state index in [2.05, 4.69) is 17.1 Å². The summed E-state index contributed by atoms with van der Waals surface area (Å²) in [4.78, 5) is 2.60. The molecule has 0 bridgehead atoms. The van der Waals surface area contributed by atoms with E-state index >= 15 is 0 Å². The molecule has 1 aliphatic rings. The molecule has 6 heteroatoms. The normalized spacial score (nSPS) is 18.1. The van der Waals surface area contributed by atoms with Crippen molar-refractivity contribution in [2.45, 2.75) is 30.7 Å². The third-order valence-electron chi connectivity index (χ3n) is 3.60. The second-order valence-corrected chi connectivity index (χ2v) is 7.53. The summed E-state index contributed by atoms with van der Waals surface area (Å²) in [5.41, 5.74) is 6.97. The van der Waals surface area contributed by atoms with Crippen molar-refractivity contribution in [2.75, 3.05) is 36.9 Å². The predicted molar refractivity (Wildman–Crippen MR) is 82.7 cm³/mol. The van der Waals surface area contributed by atoms with Crippen LogP contribution < -0.4 is 11.1 Å². The quantitative estimate of drug-likeness (QED) is 0.807. The second kappa shape index (κ2) is 6.01. The maximum Gasteiger partial charge on any atom is 0.177 e. The van der Waals surface area contributed by atoms with Crippen molar-refractivity contribution >= 4 is 21.2 Å². The van der Waals surface area contributed by atoms with Crippen LogP contribution in [0.4, 0.5) is 11.4 Å². The third kappa shape index (κ3) is 3.64. The SMILES string of the molecule is CC(CN1CCCC1)Nc1cccc(S(C)(=O)=O)c1N. The lowest BCUT2D eigenvalue weighted by Crippen LogP contribution is -2.33. The number of hydrogen-bond acceptors (Lipinski definition) is 5. The van der Waals surface area contributed by atoms with Crippen molar-refractivity contribution in [1.29, 1.82) is 0 Å². The van der Waals surface area contributed by atoms with Crippen LogP contribution in [-0.4, -0.2) is 45.2 Å².